The quantitative estimate of drug-likeness (QED) is 0.774. The van der Waals surface area contributed by atoms with Gasteiger partial charge in [-0.15, -0.1) is 0 Å². The molecule has 0 saturated carbocycles. The van der Waals surface area contributed by atoms with E-state index in [-0.39, 0.29) is 11.3 Å². The monoisotopic (exact) mass is 406 g/mol. The molecule has 27 heavy (non-hydrogen) atoms. The van der Waals surface area contributed by atoms with Crippen LogP contribution in [0.4, 0.5) is 5.69 Å². The molecule has 1 amide bonds. The fourth-order valence-electron chi connectivity index (χ4n) is 3.17. The maximum Gasteiger partial charge on any atom is 0.242 e. The Hall–Kier alpha value is -2.22. The zero-order chi connectivity index (χ0) is 19.6. The Kier molecular flexibility index (Phi) is 5.64. The molecule has 1 fully saturated rings. The lowest BCUT2D eigenvalue weighted by Crippen LogP contribution is -2.42. The third kappa shape index (κ3) is 4.37. The highest BCUT2D eigenvalue weighted by atomic mass is 35.5. The predicted molar refractivity (Wildman–Crippen MR) is 105 cm³/mol. The van der Waals surface area contributed by atoms with Gasteiger partial charge in [-0.1, -0.05) is 41.9 Å². The van der Waals surface area contributed by atoms with Crippen LogP contribution >= 0.6 is 11.6 Å². The fourth-order valence-corrected chi connectivity index (χ4v) is 4.47. The van der Waals surface area contributed by atoms with Crippen molar-refractivity contribution >= 4 is 39.0 Å². The molecule has 1 saturated heterocycles. The first kappa shape index (κ1) is 19.5. The molecule has 1 aliphatic rings. The molecule has 0 bridgehead atoms. The zero-order valence-corrected chi connectivity index (χ0v) is 16.3. The van der Waals surface area contributed by atoms with E-state index in [0.717, 1.165) is 6.26 Å². The first-order valence-corrected chi connectivity index (χ1v) is 10.7. The van der Waals surface area contributed by atoms with E-state index in [1.807, 2.05) is 0 Å². The second-order valence-electron chi connectivity index (χ2n) is 6.41. The van der Waals surface area contributed by atoms with Gasteiger partial charge in [0.25, 0.3) is 0 Å². The van der Waals surface area contributed by atoms with E-state index in [1.165, 1.54) is 10.4 Å². The lowest BCUT2D eigenvalue weighted by molar-refractivity contribution is -0.119. The van der Waals surface area contributed by atoms with Crippen molar-refractivity contribution in [3.05, 3.63) is 64.7 Å². The highest BCUT2D eigenvalue weighted by molar-refractivity contribution is 7.88. The van der Waals surface area contributed by atoms with Gasteiger partial charge < -0.3 is 5.32 Å². The Morgan fingerprint density at radius 1 is 1.15 bits per heavy atom. The average Bonchev–Trinajstić information content (AvgIpc) is 3.14. The summed E-state index contributed by atoms with van der Waals surface area (Å²) in [5, 5.41) is 3.07. The Morgan fingerprint density at radius 3 is 2.52 bits per heavy atom. The number of benzene rings is 2. The van der Waals surface area contributed by atoms with Crippen molar-refractivity contribution in [2.45, 2.75) is 18.9 Å². The number of anilines is 1. The topological polar surface area (TPSA) is 83.6 Å². The van der Waals surface area contributed by atoms with Gasteiger partial charge in [-0.05, 0) is 31.0 Å². The number of ketones is 1. The molecule has 1 aliphatic heterocycles. The minimum Gasteiger partial charge on any atom is -0.324 e. The van der Waals surface area contributed by atoms with Gasteiger partial charge in [0.2, 0.25) is 15.9 Å². The van der Waals surface area contributed by atoms with Gasteiger partial charge in [-0.25, -0.2) is 8.42 Å². The van der Waals surface area contributed by atoms with Crippen LogP contribution in [-0.4, -0.2) is 43.3 Å². The highest BCUT2D eigenvalue weighted by Gasteiger charge is 2.36. The summed E-state index contributed by atoms with van der Waals surface area (Å²) in [4.78, 5) is 25.5. The first-order valence-electron chi connectivity index (χ1n) is 8.44. The molecule has 0 aromatic heterocycles. The van der Waals surface area contributed by atoms with E-state index >= 15 is 0 Å². The van der Waals surface area contributed by atoms with Gasteiger partial charge in [-0.3, -0.25) is 9.59 Å². The Balaban J connectivity index is 1.89. The van der Waals surface area contributed by atoms with Crippen LogP contribution in [0, 0.1) is 0 Å². The molecule has 142 valence electrons. The Morgan fingerprint density at radius 2 is 1.85 bits per heavy atom. The molecule has 1 N–H and O–H groups in total. The number of nitrogens with zero attached hydrogens (tertiary/aromatic N) is 1. The lowest BCUT2D eigenvalue weighted by Gasteiger charge is -2.22. The largest absolute Gasteiger partial charge is 0.324 e. The summed E-state index contributed by atoms with van der Waals surface area (Å²) in [6.45, 7) is 0.313. The molecule has 2 aromatic rings. The number of carbonyl (C=O) groups is 2. The molecule has 3 rings (SSSR count). The standard InChI is InChI=1S/C19H19ClN2O4S/c1-27(25,26)22-11-5-8-17(22)19(24)21-16-10-9-14(20)12-15(16)18(23)13-6-3-2-4-7-13/h2-4,6-7,9-10,12,17H,5,8,11H2,1H3,(H,21,24). The molecule has 1 atom stereocenters. The minimum absolute atomic E-state index is 0.256. The maximum atomic E-state index is 12.8. The van der Waals surface area contributed by atoms with Crippen molar-refractivity contribution in [3.63, 3.8) is 0 Å². The maximum absolute atomic E-state index is 12.8. The van der Waals surface area contributed by atoms with Crippen LogP contribution in [0.3, 0.4) is 0 Å². The number of hydrogen-bond donors (Lipinski definition) is 1. The summed E-state index contributed by atoms with van der Waals surface area (Å²) in [7, 11) is -3.48. The molecule has 0 radical (unpaired) electrons. The van der Waals surface area contributed by atoms with Crippen LogP contribution in [0.15, 0.2) is 48.5 Å². The molecular formula is C19H19ClN2O4S. The molecule has 6 nitrogen and oxygen atoms in total. The van der Waals surface area contributed by atoms with Gasteiger partial charge in [0.15, 0.2) is 5.78 Å². The van der Waals surface area contributed by atoms with Crippen LogP contribution in [0.25, 0.3) is 0 Å². The molecule has 0 spiro atoms. The van der Waals surface area contributed by atoms with Crippen LogP contribution in [0.1, 0.15) is 28.8 Å². The number of sulfonamides is 1. The fraction of sp³-hybridized carbons (Fsp3) is 0.263. The number of halogens is 1. The number of hydrogen-bond acceptors (Lipinski definition) is 4. The zero-order valence-electron chi connectivity index (χ0n) is 14.7. The summed E-state index contributed by atoms with van der Waals surface area (Å²) in [6.07, 6.45) is 2.14. The first-order chi connectivity index (χ1) is 12.8. The Bertz CT molecular complexity index is 976. The summed E-state index contributed by atoms with van der Waals surface area (Å²) >= 11 is 6.04. The van der Waals surface area contributed by atoms with E-state index < -0.39 is 22.0 Å². The third-order valence-electron chi connectivity index (χ3n) is 4.45. The van der Waals surface area contributed by atoms with Gasteiger partial charge in [0.05, 0.1) is 11.9 Å². The summed E-state index contributed by atoms with van der Waals surface area (Å²) in [5.74, 6) is -0.734. The van der Waals surface area contributed by atoms with Gasteiger partial charge in [-0.2, -0.15) is 4.31 Å². The van der Waals surface area contributed by atoms with Crippen molar-refractivity contribution in [2.75, 3.05) is 18.1 Å². The van der Waals surface area contributed by atoms with Crippen molar-refractivity contribution in [3.8, 4) is 0 Å². The number of carbonyl (C=O) groups excluding carboxylic acids is 2. The molecule has 8 heteroatoms. The highest BCUT2D eigenvalue weighted by Crippen LogP contribution is 2.26. The third-order valence-corrected chi connectivity index (χ3v) is 5.98. The summed E-state index contributed by atoms with van der Waals surface area (Å²) in [5.41, 5.74) is 1.03. The van der Waals surface area contributed by atoms with Gasteiger partial charge in [0, 0.05) is 22.7 Å². The van der Waals surface area contributed by atoms with Crippen molar-refractivity contribution < 1.29 is 18.0 Å². The molecule has 2 aromatic carbocycles. The Labute approximate surface area is 163 Å². The minimum atomic E-state index is -3.48. The molecular weight excluding hydrogens is 388 g/mol. The van der Waals surface area contributed by atoms with Crippen LogP contribution in [0.5, 0.6) is 0 Å². The average molecular weight is 407 g/mol. The molecule has 1 unspecified atom stereocenters. The second-order valence-corrected chi connectivity index (χ2v) is 8.78. The smallest absolute Gasteiger partial charge is 0.242 e. The molecule has 0 aliphatic carbocycles. The van der Waals surface area contributed by atoms with E-state index in [2.05, 4.69) is 5.32 Å². The van der Waals surface area contributed by atoms with Gasteiger partial charge >= 0.3 is 0 Å². The SMILES string of the molecule is CS(=O)(=O)N1CCCC1C(=O)Nc1ccc(Cl)cc1C(=O)c1ccccc1. The second kappa shape index (κ2) is 7.80. The molecule has 1 heterocycles. The number of rotatable bonds is 5. The number of nitrogens with one attached hydrogen (secondary N) is 1. The van der Waals surface area contributed by atoms with Crippen LogP contribution < -0.4 is 5.32 Å². The van der Waals surface area contributed by atoms with E-state index in [1.54, 1.807) is 42.5 Å². The van der Waals surface area contributed by atoms with Crippen LogP contribution in [-0.2, 0) is 14.8 Å². The van der Waals surface area contributed by atoms with Crippen molar-refractivity contribution in [2.24, 2.45) is 0 Å². The van der Waals surface area contributed by atoms with E-state index in [4.69, 9.17) is 11.6 Å². The summed E-state index contributed by atoms with van der Waals surface area (Å²) in [6, 6.07) is 12.5. The lowest BCUT2D eigenvalue weighted by atomic mass is 10.0. The van der Waals surface area contributed by atoms with E-state index in [9.17, 15) is 18.0 Å². The van der Waals surface area contributed by atoms with Crippen molar-refractivity contribution in [1.29, 1.82) is 0 Å². The predicted octanol–water partition coefficient (Wildman–Crippen LogP) is 2.93. The van der Waals surface area contributed by atoms with Crippen LogP contribution in [0.2, 0.25) is 5.02 Å². The van der Waals surface area contributed by atoms with Gasteiger partial charge in [0.1, 0.15) is 6.04 Å². The normalized spacial score (nSPS) is 17.6. The number of amides is 1. The summed E-state index contributed by atoms with van der Waals surface area (Å²) < 4.78 is 25.0. The van der Waals surface area contributed by atoms with Crippen molar-refractivity contribution in [1.82, 2.24) is 4.31 Å². The van der Waals surface area contributed by atoms with E-state index in [0.29, 0.717) is 35.7 Å².